The lowest BCUT2D eigenvalue weighted by atomic mass is 10.1. The van der Waals surface area contributed by atoms with Gasteiger partial charge in [0.25, 0.3) is 5.91 Å². The van der Waals surface area contributed by atoms with Crippen LogP contribution in [0.1, 0.15) is 5.56 Å². The maximum Gasteiger partial charge on any atom is 0.266 e. The Labute approximate surface area is 182 Å². The third-order valence-electron chi connectivity index (χ3n) is 3.99. The van der Waals surface area contributed by atoms with E-state index >= 15 is 0 Å². The zero-order chi connectivity index (χ0) is 21.0. The van der Waals surface area contributed by atoms with Crippen LogP contribution in [0.3, 0.4) is 0 Å². The number of rotatable bonds is 6. The van der Waals surface area contributed by atoms with Gasteiger partial charge in [-0.25, -0.2) is 0 Å². The number of thiocarbonyl (C=S) groups is 1. The highest BCUT2D eigenvalue weighted by molar-refractivity contribution is 8.26. The van der Waals surface area contributed by atoms with Crippen molar-refractivity contribution in [2.75, 3.05) is 40.2 Å². The predicted molar refractivity (Wildman–Crippen MR) is 119 cm³/mol. The third-order valence-corrected chi connectivity index (χ3v) is 6.26. The molecule has 154 valence electrons. The minimum Gasteiger partial charge on any atom is -0.493 e. The van der Waals surface area contributed by atoms with Gasteiger partial charge in [-0.05, 0) is 23.8 Å². The smallest absolute Gasteiger partial charge is 0.266 e. The number of carbonyl (C=O) groups is 2. The van der Waals surface area contributed by atoms with Gasteiger partial charge in [-0.3, -0.25) is 19.5 Å². The number of carbonyl (C=O) groups excluding carboxylic acids is 2. The van der Waals surface area contributed by atoms with Crippen LogP contribution in [0.25, 0.3) is 6.08 Å². The molecule has 0 bridgehead atoms. The maximum absolute atomic E-state index is 12.8. The van der Waals surface area contributed by atoms with E-state index in [2.05, 4.69) is 10.3 Å². The summed E-state index contributed by atoms with van der Waals surface area (Å²) in [6.45, 7) is 0.524. The first-order valence-corrected chi connectivity index (χ1v) is 10.7. The minimum absolute atomic E-state index is 0.156. The van der Waals surface area contributed by atoms with Crippen molar-refractivity contribution in [3.8, 4) is 17.2 Å². The largest absolute Gasteiger partial charge is 0.493 e. The van der Waals surface area contributed by atoms with Crippen LogP contribution in [0.4, 0.5) is 0 Å². The van der Waals surface area contributed by atoms with Crippen molar-refractivity contribution in [1.82, 2.24) is 10.2 Å². The van der Waals surface area contributed by atoms with Gasteiger partial charge in [0, 0.05) is 5.75 Å². The van der Waals surface area contributed by atoms with Gasteiger partial charge in [-0.2, -0.15) is 0 Å². The summed E-state index contributed by atoms with van der Waals surface area (Å²) >= 11 is 7.90. The van der Waals surface area contributed by atoms with Crippen molar-refractivity contribution < 1.29 is 23.8 Å². The maximum atomic E-state index is 12.8. The molecule has 0 radical (unpaired) electrons. The number of benzene rings is 1. The summed E-state index contributed by atoms with van der Waals surface area (Å²) in [5.41, 5.74) is 0.682. The molecule has 0 unspecified atom stereocenters. The molecule has 0 aromatic heterocycles. The van der Waals surface area contributed by atoms with Crippen molar-refractivity contribution in [3.63, 3.8) is 0 Å². The van der Waals surface area contributed by atoms with E-state index in [0.717, 1.165) is 17.5 Å². The fourth-order valence-electron chi connectivity index (χ4n) is 2.69. The summed E-state index contributed by atoms with van der Waals surface area (Å²) in [7, 11) is 4.56. The lowest BCUT2D eigenvalue weighted by Gasteiger charge is -2.14. The van der Waals surface area contributed by atoms with E-state index in [1.165, 1.54) is 38.0 Å². The molecule has 1 aromatic carbocycles. The third kappa shape index (κ3) is 4.85. The van der Waals surface area contributed by atoms with Crippen LogP contribution >= 0.6 is 35.7 Å². The molecule has 2 aliphatic rings. The summed E-state index contributed by atoms with van der Waals surface area (Å²) < 4.78 is 16.3. The molecule has 2 amide bonds. The van der Waals surface area contributed by atoms with E-state index in [1.807, 2.05) is 0 Å². The number of hydrogen-bond donors (Lipinski definition) is 1. The van der Waals surface area contributed by atoms with Gasteiger partial charge in [0.15, 0.2) is 16.7 Å². The first-order valence-electron chi connectivity index (χ1n) is 8.49. The second-order valence-corrected chi connectivity index (χ2v) is 8.57. The lowest BCUT2D eigenvalue weighted by molar-refractivity contribution is -0.128. The van der Waals surface area contributed by atoms with Gasteiger partial charge in [-0.15, -0.1) is 0 Å². The van der Waals surface area contributed by atoms with Gasteiger partial charge >= 0.3 is 0 Å². The van der Waals surface area contributed by atoms with Crippen LogP contribution in [0.2, 0.25) is 0 Å². The summed E-state index contributed by atoms with van der Waals surface area (Å²) in [4.78, 5) is 30.8. The van der Waals surface area contributed by atoms with Crippen molar-refractivity contribution in [2.45, 2.75) is 0 Å². The second kappa shape index (κ2) is 9.51. The van der Waals surface area contributed by atoms with Crippen LogP contribution in [-0.2, 0) is 9.59 Å². The number of aliphatic imine (C=N–C) groups is 1. The van der Waals surface area contributed by atoms with Crippen LogP contribution in [-0.4, -0.2) is 66.4 Å². The molecular formula is C18H19N3O5S3. The predicted octanol–water partition coefficient (Wildman–Crippen LogP) is 2.13. The van der Waals surface area contributed by atoms with Gasteiger partial charge in [0.05, 0.1) is 32.8 Å². The van der Waals surface area contributed by atoms with E-state index in [4.69, 9.17) is 26.4 Å². The Morgan fingerprint density at radius 3 is 2.52 bits per heavy atom. The summed E-state index contributed by atoms with van der Waals surface area (Å²) in [5.74, 6) is 1.59. The van der Waals surface area contributed by atoms with E-state index in [9.17, 15) is 9.59 Å². The number of thioether (sulfide) groups is 2. The highest BCUT2D eigenvalue weighted by atomic mass is 32.2. The molecule has 0 aliphatic carbocycles. The van der Waals surface area contributed by atoms with Crippen molar-refractivity contribution in [3.05, 3.63) is 22.6 Å². The number of amidine groups is 1. The zero-order valence-electron chi connectivity index (χ0n) is 16.0. The van der Waals surface area contributed by atoms with E-state index in [0.29, 0.717) is 43.8 Å². The Hall–Kier alpha value is -2.24. The monoisotopic (exact) mass is 453 g/mol. The molecule has 3 rings (SSSR count). The number of methoxy groups -OCH3 is 3. The second-order valence-electron chi connectivity index (χ2n) is 5.81. The highest BCUT2D eigenvalue weighted by Gasteiger charge is 2.33. The van der Waals surface area contributed by atoms with Crippen LogP contribution in [0, 0.1) is 0 Å². The molecule has 2 aliphatic heterocycles. The zero-order valence-corrected chi connectivity index (χ0v) is 18.5. The van der Waals surface area contributed by atoms with Gasteiger partial charge in [0.1, 0.15) is 10.9 Å². The SMILES string of the molecule is COc1cc(/C=C2/SC(=S)N(CC(=O)NC3=NCCS3)C2=O)cc(OC)c1OC. The fourth-order valence-corrected chi connectivity index (χ4v) is 4.69. The van der Waals surface area contributed by atoms with E-state index in [1.54, 1.807) is 18.2 Å². The van der Waals surface area contributed by atoms with Crippen LogP contribution in [0.15, 0.2) is 22.0 Å². The number of ether oxygens (including phenoxy) is 3. The topological polar surface area (TPSA) is 89.5 Å². The molecule has 2 heterocycles. The Balaban J connectivity index is 1.78. The molecular weight excluding hydrogens is 434 g/mol. The number of nitrogens with one attached hydrogen (secondary N) is 1. The van der Waals surface area contributed by atoms with E-state index in [-0.39, 0.29) is 18.4 Å². The molecule has 0 spiro atoms. The Morgan fingerprint density at radius 1 is 1.28 bits per heavy atom. The molecule has 29 heavy (non-hydrogen) atoms. The molecule has 0 saturated carbocycles. The van der Waals surface area contributed by atoms with Gasteiger partial charge < -0.3 is 19.5 Å². The first kappa shape index (κ1) is 21.5. The summed E-state index contributed by atoms with van der Waals surface area (Å²) in [6, 6.07) is 3.46. The number of amides is 2. The molecule has 1 saturated heterocycles. The normalized spacial score (nSPS) is 17.6. The Bertz CT molecular complexity index is 891. The van der Waals surface area contributed by atoms with Crippen molar-refractivity contribution in [2.24, 2.45) is 4.99 Å². The standard InChI is InChI=1S/C18H19N3O5S3/c1-24-11-6-10(7-12(25-2)15(11)26-3)8-13-16(23)21(18(27)29-13)9-14(22)20-17-19-4-5-28-17/h6-8H,4-5,9H2,1-3H3,(H,19,20,22)/b13-8+. The minimum atomic E-state index is -0.330. The van der Waals surface area contributed by atoms with Crippen molar-refractivity contribution in [1.29, 1.82) is 0 Å². The van der Waals surface area contributed by atoms with Gasteiger partial charge in [0.2, 0.25) is 11.7 Å². The number of nitrogens with zero attached hydrogens (tertiary/aromatic N) is 2. The molecule has 0 atom stereocenters. The summed E-state index contributed by atoms with van der Waals surface area (Å²) in [6.07, 6.45) is 1.68. The number of hydrogen-bond acceptors (Lipinski definition) is 9. The fraction of sp³-hybridized carbons (Fsp3) is 0.333. The van der Waals surface area contributed by atoms with Crippen molar-refractivity contribution >= 4 is 63.1 Å². The molecule has 8 nitrogen and oxygen atoms in total. The Kier molecular flexibility index (Phi) is 7.04. The quantitative estimate of drug-likeness (QED) is 0.518. The first-order chi connectivity index (χ1) is 14.0. The average molecular weight is 454 g/mol. The average Bonchev–Trinajstić information content (AvgIpc) is 3.31. The van der Waals surface area contributed by atoms with Crippen LogP contribution < -0.4 is 19.5 Å². The highest BCUT2D eigenvalue weighted by Crippen LogP contribution is 2.40. The summed E-state index contributed by atoms with van der Waals surface area (Å²) in [5, 5.41) is 3.28. The van der Waals surface area contributed by atoms with Gasteiger partial charge in [-0.1, -0.05) is 35.7 Å². The van der Waals surface area contributed by atoms with Crippen LogP contribution in [0.5, 0.6) is 17.2 Å². The molecule has 1 aromatic rings. The lowest BCUT2D eigenvalue weighted by Crippen LogP contribution is -2.40. The Morgan fingerprint density at radius 2 is 1.97 bits per heavy atom. The van der Waals surface area contributed by atoms with E-state index < -0.39 is 0 Å². The molecule has 1 fully saturated rings. The molecule has 1 N–H and O–H groups in total. The molecule has 11 heteroatoms.